The molecule has 6 nitrogen and oxygen atoms in total. The Bertz CT molecular complexity index is 745. The van der Waals surface area contributed by atoms with E-state index in [-0.39, 0.29) is 11.5 Å². The van der Waals surface area contributed by atoms with Crippen LogP contribution in [0.2, 0.25) is 0 Å². The summed E-state index contributed by atoms with van der Waals surface area (Å²) in [7, 11) is 1.50. The summed E-state index contributed by atoms with van der Waals surface area (Å²) in [4.78, 5) is 17.7. The summed E-state index contributed by atoms with van der Waals surface area (Å²) < 4.78 is 32.4. The van der Waals surface area contributed by atoms with Crippen molar-refractivity contribution in [3.8, 4) is 0 Å². The SMILES string of the molecule is CNC(=O)c1nc(CN2CCC[C@@H](CCc3c(F)cccc3F)C2)no1. The molecule has 0 saturated carbocycles. The first-order chi connectivity index (χ1) is 12.6. The number of carbonyl (C=O) groups excluding carboxylic acids is 1. The van der Waals surface area contributed by atoms with E-state index in [9.17, 15) is 13.6 Å². The summed E-state index contributed by atoms with van der Waals surface area (Å²) in [5.41, 5.74) is 0.165. The number of rotatable bonds is 6. The van der Waals surface area contributed by atoms with Crippen LogP contribution in [0.3, 0.4) is 0 Å². The van der Waals surface area contributed by atoms with Gasteiger partial charge in [-0.05, 0) is 50.3 Å². The Labute approximate surface area is 150 Å². The predicted octanol–water partition coefficient (Wildman–Crippen LogP) is 2.55. The number of hydrogen-bond acceptors (Lipinski definition) is 5. The molecule has 1 atom stereocenters. The molecule has 1 aromatic carbocycles. The van der Waals surface area contributed by atoms with E-state index in [0.717, 1.165) is 32.4 Å². The summed E-state index contributed by atoms with van der Waals surface area (Å²) in [6.45, 7) is 2.19. The standard InChI is InChI=1S/C18H22F2N4O2/c1-21-17(25)18-22-16(23-26-18)11-24-9-3-4-12(10-24)7-8-13-14(19)5-2-6-15(13)20/h2,5-6,12H,3-4,7-11H2,1H3,(H,21,25)/t12-/m0/s1. The average Bonchev–Trinajstić information content (AvgIpc) is 3.09. The minimum Gasteiger partial charge on any atom is -0.351 e. The van der Waals surface area contributed by atoms with Crippen molar-refractivity contribution in [2.75, 3.05) is 20.1 Å². The zero-order valence-electron chi connectivity index (χ0n) is 14.7. The van der Waals surface area contributed by atoms with Crippen LogP contribution in [0.1, 0.15) is 41.3 Å². The van der Waals surface area contributed by atoms with Crippen LogP contribution >= 0.6 is 0 Å². The van der Waals surface area contributed by atoms with Crippen molar-refractivity contribution in [2.45, 2.75) is 32.2 Å². The van der Waals surface area contributed by atoms with Crippen LogP contribution in [0.5, 0.6) is 0 Å². The lowest BCUT2D eigenvalue weighted by atomic mass is 9.91. The van der Waals surface area contributed by atoms with Gasteiger partial charge in [-0.2, -0.15) is 4.98 Å². The van der Waals surface area contributed by atoms with Gasteiger partial charge in [0, 0.05) is 19.2 Å². The monoisotopic (exact) mass is 364 g/mol. The minimum atomic E-state index is -0.480. The van der Waals surface area contributed by atoms with E-state index in [1.54, 1.807) is 0 Å². The number of carbonyl (C=O) groups is 1. The van der Waals surface area contributed by atoms with Gasteiger partial charge in [-0.15, -0.1) is 0 Å². The van der Waals surface area contributed by atoms with Crippen LogP contribution < -0.4 is 5.32 Å². The Morgan fingerprint density at radius 3 is 2.88 bits per heavy atom. The van der Waals surface area contributed by atoms with Gasteiger partial charge in [-0.1, -0.05) is 11.2 Å². The maximum atomic E-state index is 13.8. The second-order valence-electron chi connectivity index (χ2n) is 6.58. The smallest absolute Gasteiger partial charge is 0.315 e. The van der Waals surface area contributed by atoms with Crippen LogP contribution in [0.25, 0.3) is 0 Å². The highest BCUT2D eigenvalue weighted by atomic mass is 19.1. The van der Waals surface area contributed by atoms with E-state index >= 15 is 0 Å². The number of hydrogen-bond donors (Lipinski definition) is 1. The molecule has 1 aromatic heterocycles. The fourth-order valence-corrected chi connectivity index (χ4v) is 3.37. The van der Waals surface area contributed by atoms with Gasteiger partial charge in [0.25, 0.3) is 0 Å². The lowest BCUT2D eigenvalue weighted by Crippen LogP contribution is -2.35. The van der Waals surface area contributed by atoms with Crippen molar-refractivity contribution in [3.63, 3.8) is 0 Å². The molecular formula is C18H22F2N4O2. The molecule has 8 heteroatoms. The van der Waals surface area contributed by atoms with Crippen LogP contribution in [0, 0.1) is 17.6 Å². The lowest BCUT2D eigenvalue weighted by molar-refractivity contribution is 0.0919. The highest BCUT2D eigenvalue weighted by Crippen LogP contribution is 2.24. The fraction of sp³-hybridized carbons (Fsp3) is 0.500. The van der Waals surface area contributed by atoms with Gasteiger partial charge < -0.3 is 9.84 Å². The number of amides is 1. The summed E-state index contributed by atoms with van der Waals surface area (Å²) in [6, 6.07) is 3.98. The summed E-state index contributed by atoms with van der Waals surface area (Å²) >= 11 is 0. The Kier molecular flexibility index (Phi) is 5.92. The number of nitrogens with one attached hydrogen (secondary N) is 1. The Morgan fingerprint density at radius 1 is 1.38 bits per heavy atom. The molecule has 2 heterocycles. The zero-order valence-corrected chi connectivity index (χ0v) is 14.7. The van der Waals surface area contributed by atoms with Crippen molar-refractivity contribution < 1.29 is 18.1 Å². The number of benzene rings is 1. The largest absolute Gasteiger partial charge is 0.351 e. The third kappa shape index (κ3) is 4.43. The molecule has 3 rings (SSSR count). The average molecular weight is 364 g/mol. The Morgan fingerprint density at radius 2 is 2.15 bits per heavy atom. The molecule has 1 aliphatic rings. The first-order valence-electron chi connectivity index (χ1n) is 8.76. The molecule has 140 valence electrons. The molecule has 2 aromatic rings. The Balaban J connectivity index is 1.54. The quantitative estimate of drug-likeness (QED) is 0.853. The van der Waals surface area contributed by atoms with Crippen molar-refractivity contribution in [2.24, 2.45) is 5.92 Å². The molecule has 0 unspecified atom stereocenters. The first kappa shape index (κ1) is 18.4. The van der Waals surface area contributed by atoms with Gasteiger partial charge >= 0.3 is 11.8 Å². The molecule has 1 saturated heterocycles. The van der Waals surface area contributed by atoms with Crippen molar-refractivity contribution in [1.82, 2.24) is 20.4 Å². The molecule has 0 aliphatic carbocycles. The number of aromatic nitrogens is 2. The van der Waals surface area contributed by atoms with E-state index in [2.05, 4.69) is 20.4 Å². The number of likely N-dealkylation sites (tertiary alicyclic amines) is 1. The fourth-order valence-electron chi connectivity index (χ4n) is 3.37. The maximum Gasteiger partial charge on any atom is 0.315 e. The van der Waals surface area contributed by atoms with Gasteiger partial charge in [0.1, 0.15) is 11.6 Å². The first-order valence-corrected chi connectivity index (χ1v) is 8.76. The van der Waals surface area contributed by atoms with Gasteiger partial charge in [-0.25, -0.2) is 8.78 Å². The van der Waals surface area contributed by atoms with Crippen molar-refractivity contribution >= 4 is 5.91 Å². The number of halogens is 2. The predicted molar refractivity (Wildman–Crippen MR) is 90.4 cm³/mol. The topological polar surface area (TPSA) is 71.3 Å². The van der Waals surface area contributed by atoms with E-state index in [4.69, 9.17) is 4.52 Å². The van der Waals surface area contributed by atoms with Crippen molar-refractivity contribution in [1.29, 1.82) is 0 Å². The highest BCUT2D eigenvalue weighted by molar-refractivity contribution is 5.89. The van der Waals surface area contributed by atoms with Crippen molar-refractivity contribution in [3.05, 3.63) is 47.1 Å². The summed E-state index contributed by atoms with van der Waals surface area (Å²) in [5.74, 6) is -0.604. The molecule has 1 amide bonds. The van der Waals surface area contributed by atoms with Crippen LogP contribution in [-0.4, -0.2) is 41.1 Å². The molecular weight excluding hydrogens is 342 g/mol. The van der Waals surface area contributed by atoms with Gasteiger partial charge in [0.15, 0.2) is 5.82 Å². The summed E-state index contributed by atoms with van der Waals surface area (Å²) in [6.07, 6.45) is 3.15. The van der Waals surface area contributed by atoms with E-state index in [1.807, 2.05) is 0 Å². The molecule has 1 fully saturated rings. The molecule has 1 N–H and O–H groups in total. The minimum absolute atomic E-state index is 0.0499. The molecule has 0 radical (unpaired) electrons. The third-order valence-electron chi connectivity index (χ3n) is 4.72. The van der Waals surface area contributed by atoms with Gasteiger partial charge in [0.05, 0.1) is 6.54 Å². The van der Waals surface area contributed by atoms with E-state index in [1.165, 1.54) is 25.2 Å². The van der Waals surface area contributed by atoms with Crippen LogP contribution in [-0.2, 0) is 13.0 Å². The maximum absolute atomic E-state index is 13.8. The van der Waals surface area contributed by atoms with E-state index in [0.29, 0.717) is 24.7 Å². The lowest BCUT2D eigenvalue weighted by Gasteiger charge is -2.31. The molecule has 1 aliphatic heterocycles. The van der Waals surface area contributed by atoms with Crippen LogP contribution in [0.15, 0.2) is 22.7 Å². The van der Waals surface area contributed by atoms with Crippen LogP contribution in [0.4, 0.5) is 8.78 Å². The third-order valence-corrected chi connectivity index (χ3v) is 4.72. The second-order valence-corrected chi connectivity index (χ2v) is 6.58. The normalized spacial score (nSPS) is 18.0. The van der Waals surface area contributed by atoms with Gasteiger partial charge in [0.2, 0.25) is 0 Å². The number of piperidine rings is 1. The molecule has 0 spiro atoms. The van der Waals surface area contributed by atoms with Gasteiger partial charge in [-0.3, -0.25) is 9.69 Å². The zero-order chi connectivity index (χ0) is 18.5. The number of nitrogens with zero attached hydrogens (tertiary/aromatic N) is 3. The second kappa shape index (κ2) is 8.35. The molecule has 26 heavy (non-hydrogen) atoms. The van der Waals surface area contributed by atoms with E-state index < -0.39 is 17.5 Å². The Hall–Kier alpha value is -2.35. The highest BCUT2D eigenvalue weighted by Gasteiger charge is 2.23. The molecule has 0 bridgehead atoms. The summed E-state index contributed by atoms with van der Waals surface area (Å²) in [5, 5.41) is 6.27.